The third kappa shape index (κ3) is 10.1. The van der Waals surface area contributed by atoms with Crippen molar-refractivity contribution in [3.63, 3.8) is 0 Å². The maximum Gasteiger partial charge on any atom is 0.246 e. The molecule has 5 aromatic rings. The van der Waals surface area contributed by atoms with Crippen molar-refractivity contribution < 1.29 is 19.1 Å². The number of rotatable bonds is 9. The number of hydrogen-bond donors (Lipinski definition) is 7. The van der Waals surface area contributed by atoms with E-state index >= 15 is 0 Å². The molecule has 0 bridgehead atoms. The Hall–Kier alpha value is -4.96. The SMILES string of the molecule is CN1C(=O)[C@H](CN)NC(=O)[C@H](CCCN)NCc2cccnc2Sc2c(Cl)ccc(-c3ccc(OC4CCNCC4)cc3)c2CNC(=O)[C@@H]1Cc1c[nH]c2ccccc12. The third-order valence-electron chi connectivity index (χ3n) is 11.1. The number of carbonyl (C=O) groups excluding carboxylic acids is 3. The lowest BCUT2D eigenvalue weighted by Gasteiger charge is -2.31. The molecule has 1 saturated heterocycles. The molecule has 310 valence electrons. The molecular weight excluding hydrogens is 786 g/mol. The number of fused-ring (bicyclic) bond motifs is 3. The number of carbonyl (C=O) groups is 3. The Labute approximate surface area is 353 Å². The first-order valence-corrected chi connectivity index (χ1v) is 21.4. The molecule has 0 radical (unpaired) electrons. The summed E-state index contributed by atoms with van der Waals surface area (Å²) in [4.78, 5) is 53.0. The van der Waals surface area contributed by atoms with Crippen LogP contribution in [0.4, 0.5) is 0 Å². The zero-order chi connectivity index (χ0) is 41.3. The third-order valence-corrected chi connectivity index (χ3v) is 12.7. The van der Waals surface area contributed by atoms with Gasteiger partial charge >= 0.3 is 0 Å². The summed E-state index contributed by atoms with van der Waals surface area (Å²) in [6.07, 6.45) is 6.84. The number of pyridine rings is 1. The number of hydrogen-bond acceptors (Lipinski definition) is 10. The average Bonchev–Trinajstić information content (AvgIpc) is 3.67. The molecule has 0 unspecified atom stereocenters. The summed E-state index contributed by atoms with van der Waals surface area (Å²) in [6.45, 7) is 2.48. The smallest absolute Gasteiger partial charge is 0.246 e. The minimum Gasteiger partial charge on any atom is -0.490 e. The summed E-state index contributed by atoms with van der Waals surface area (Å²) >= 11 is 8.48. The molecule has 9 N–H and O–H groups in total. The van der Waals surface area contributed by atoms with Gasteiger partial charge in [-0.2, -0.15) is 0 Å². The summed E-state index contributed by atoms with van der Waals surface area (Å²) in [6, 6.07) is 20.7. The van der Waals surface area contributed by atoms with E-state index in [-0.39, 0.29) is 37.4 Å². The first-order valence-electron chi connectivity index (χ1n) is 20.2. The predicted molar refractivity (Wildman–Crippen MR) is 232 cm³/mol. The minimum absolute atomic E-state index is 0.0927. The van der Waals surface area contributed by atoms with Gasteiger partial charge in [-0.1, -0.05) is 65.8 Å². The highest BCUT2D eigenvalue weighted by Crippen LogP contribution is 2.41. The molecule has 1 fully saturated rings. The molecule has 0 spiro atoms. The molecule has 3 amide bonds. The minimum atomic E-state index is -1.08. The van der Waals surface area contributed by atoms with Gasteiger partial charge in [0.15, 0.2) is 0 Å². The van der Waals surface area contributed by atoms with Gasteiger partial charge in [0.25, 0.3) is 0 Å². The fourth-order valence-corrected chi connectivity index (χ4v) is 9.05. The highest BCUT2D eigenvalue weighted by Gasteiger charge is 2.34. The molecule has 2 aliphatic rings. The number of benzene rings is 3. The van der Waals surface area contributed by atoms with Crippen LogP contribution in [0.15, 0.2) is 95.1 Å². The second-order valence-electron chi connectivity index (χ2n) is 15.0. The Morgan fingerprint density at radius 1 is 0.932 bits per heavy atom. The molecule has 3 aromatic carbocycles. The largest absolute Gasteiger partial charge is 0.490 e. The van der Waals surface area contributed by atoms with Crippen LogP contribution in [0, 0.1) is 0 Å². The van der Waals surface area contributed by atoms with E-state index in [1.54, 1.807) is 13.2 Å². The van der Waals surface area contributed by atoms with E-state index in [0.717, 1.165) is 75.3 Å². The Morgan fingerprint density at radius 2 is 1.73 bits per heavy atom. The molecule has 2 aromatic heterocycles. The molecule has 0 aliphatic carbocycles. The van der Waals surface area contributed by atoms with E-state index in [4.69, 9.17) is 32.8 Å². The topological polar surface area (TPSA) is 193 Å². The van der Waals surface area contributed by atoms with Gasteiger partial charge in [-0.3, -0.25) is 14.4 Å². The number of halogens is 1. The number of H-pyrrole nitrogens is 1. The summed E-state index contributed by atoms with van der Waals surface area (Å²) in [5, 5.41) is 15.0. The van der Waals surface area contributed by atoms with Gasteiger partial charge in [-0.25, -0.2) is 4.98 Å². The Balaban J connectivity index is 1.30. The quantitative estimate of drug-likeness (QED) is 0.111. The number of nitrogens with two attached hydrogens (primary N) is 2. The number of nitrogens with zero attached hydrogens (tertiary/aromatic N) is 2. The normalized spacial score (nSPS) is 20.0. The zero-order valence-corrected chi connectivity index (χ0v) is 34.7. The van der Waals surface area contributed by atoms with Crippen LogP contribution in [0.5, 0.6) is 5.75 Å². The summed E-state index contributed by atoms with van der Waals surface area (Å²) in [5.41, 5.74) is 17.2. The average molecular weight is 838 g/mol. The van der Waals surface area contributed by atoms with Gasteiger partial charge in [-0.05, 0) is 103 Å². The maximum absolute atomic E-state index is 14.7. The second-order valence-corrected chi connectivity index (χ2v) is 16.4. The van der Waals surface area contributed by atoms with E-state index in [1.807, 2.05) is 79.0 Å². The molecule has 3 atom stereocenters. The lowest BCUT2D eigenvalue weighted by molar-refractivity contribution is -0.141. The van der Waals surface area contributed by atoms with Gasteiger partial charge in [0, 0.05) is 61.3 Å². The van der Waals surface area contributed by atoms with Crippen molar-refractivity contribution in [3.8, 4) is 16.9 Å². The Bertz CT molecular complexity index is 2250. The van der Waals surface area contributed by atoms with Gasteiger partial charge in [0.2, 0.25) is 17.7 Å². The number of piperidine rings is 1. The molecule has 4 heterocycles. The molecule has 13 nitrogen and oxygen atoms in total. The number of aromatic nitrogens is 2. The number of nitrogens with one attached hydrogen (secondary N) is 5. The summed E-state index contributed by atoms with van der Waals surface area (Å²) in [7, 11) is 1.58. The number of amides is 3. The summed E-state index contributed by atoms with van der Waals surface area (Å²) < 4.78 is 6.32. The first kappa shape index (κ1) is 42.2. The second kappa shape index (κ2) is 19.9. The number of para-hydroxylation sites is 1. The lowest BCUT2D eigenvalue weighted by atomic mass is 9.98. The van der Waals surface area contributed by atoms with Crippen LogP contribution in [-0.2, 0) is 33.9 Å². The standard InChI is InChI=1S/C44H52ClN9O4S/c1-54-39(22-29-25-50-36-8-3-2-7-33(29)36)42(56)52-26-34-32(27-10-12-30(13-11-27)58-31-16-20-48-21-17-31)14-15-35(45)40(34)59-43-28(6-5-19-49-43)24-51-37(9-4-18-46)41(55)53-38(23-47)44(54)57/h2-3,5-8,10-15,19,25,31,37-39,48,50-51H,4,9,16-18,20-24,26,46-47H2,1H3,(H,52,56)(H,53,55)/t37-,38-,39-/m0/s1. The fourth-order valence-electron chi connectivity index (χ4n) is 7.70. The van der Waals surface area contributed by atoms with Crippen molar-refractivity contribution in [1.29, 1.82) is 0 Å². The van der Waals surface area contributed by atoms with Crippen LogP contribution in [-0.4, -0.2) is 90.0 Å². The maximum atomic E-state index is 14.7. The number of likely N-dealkylation sites (N-methyl/N-ethyl adjacent to an activating group) is 1. The molecule has 59 heavy (non-hydrogen) atoms. The van der Waals surface area contributed by atoms with Crippen molar-refractivity contribution in [2.75, 3.05) is 33.2 Å². The van der Waals surface area contributed by atoms with Crippen LogP contribution in [0.3, 0.4) is 0 Å². The molecule has 7 rings (SSSR count). The molecule has 2 aliphatic heterocycles. The van der Waals surface area contributed by atoms with Crippen LogP contribution >= 0.6 is 23.4 Å². The van der Waals surface area contributed by atoms with E-state index in [9.17, 15) is 14.4 Å². The highest BCUT2D eigenvalue weighted by atomic mass is 35.5. The molecule has 15 heteroatoms. The summed E-state index contributed by atoms with van der Waals surface area (Å²) in [5.74, 6) is -0.459. The van der Waals surface area contributed by atoms with E-state index in [2.05, 4.69) is 26.3 Å². The van der Waals surface area contributed by atoms with Crippen molar-refractivity contribution in [1.82, 2.24) is 36.1 Å². The van der Waals surface area contributed by atoms with Crippen LogP contribution < -0.4 is 37.5 Å². The van der Waals surface area contributed by atoms with Gasteiger partial charge in [0.1, 0.15) is 29.0 Å². The highest BCUT2D eigenvalue weighted by molar-refractivity contribution is 7.99. The van der Waals surface area contributed by atoms with E-state index in [1.165, 1.54) is 16.7 Å². The first-order chi connectivity index (χ1) is 28.7. The number of aromatic amines is 1. The van der Waals surface area contributed by atoms with Gasteiger partial charge in [-0.15, -0.1) is 0 Å². The van der Waals surface area contributed by atoms with Crippen molar-refractivity contribution in [3.05, 3.63) is 107 Å². The predicted octanol–water partition coefficient (Wildman–Crippen LogP) is 4.51. The van der Waals surface area contributed by atoms with Crippen LogP contribution in [0.25, 0.3) is 22.0 Å². The van der Waals surface area contributed by atoms with Gasteiger partial charge in [0.05, 0.1) is 11.1 Å². The van der Waals surface area contributed by atoms with Gasteiger partial charge < -0.3 is 47.4 Å². The van der Waals surface area contributed by atoms with E-state index in [0.29, 0.717) is 36.0 Å². The number of ether oxygens (including phenoxy) is 1. The van der Waals surface area contributed by atoms with Crippen molar-refractivity contribution in [2.24, 2.45) is 11.5 Å². The molecule has 0 saturated carbocycles. The Kier molecular flexibility index (Phi) is 14.2. The Morgan fingerprint density at radius 3 is 2.51 bits per heavy atom. The van der Waals surface area contributed by atoms with Crippen LogP contribution in [0.2, 0.25) is 5.02 Å². The lowest BCUT2D eigenvalue weighted by Crippen LogP contribution is -2.59. The zero-order valence-electron chi connectivity index (χ0n) is 33.1. The fraction of sp³-hybridized carbons (Fsp3) is 0.364. The van der Waals surface area contributed by atoms with Crippen LogP contribution in [0.1, 0.15) is 42.4 Å². The van der Waals surface area contributed by atoms with E-state index < -0.39 is 24.0 Å². The van der Waals surface area contributed by atoms with Crippen molar-refractivity contribution in [2.45, 2.75) is 79.3 Å². The van der Waals surface area contributed by atoms with Crippen molar-refractivity contribution >= 4 is 52.0 Å². The molecular formula is C44H52ClN9O4S. The monoisotopic (exact) mass is 837 g/mol.